The van der Waals surface area contributed by atoms with Crippen LogP contribution >= 0.6 is 0 Å². The van der Waals surface area contributed by atoms with Crippen molar-refractivity contribution < 1.29 is 22.7 Å². The van der Waals surface area contributed by atoms with E-state index in [1.54, 1.807) is 13.1 Å². The van der Waals surface area contributed by atoms with Crippen LogP contribution in [0.4, 0.5) is 19.0 Å². The lowest BCUT2D eigenvalue weighted by Crippen LogP contribution is -2.36. The highest BCUT2D eigenvalue weighted by Crippen LogP contribution is 2.28. The maximum atomic E-state index is 12.7. The molecule has 0 atom stereocenters. The van der Waals surface area contributed by atoms with Crippen molar-refractivity contribution in [1.82, 2.24) is 25.1 Å². The van der Waals surface area contributed by atoms with E-state index in [-0.39, 0.29) is 18.3 Å². The largest absolute Gasteiger partial charge is 0.417 e. The summed E-state index contributed by atoms with van der Waals surface area (Å²) < 4.78 is 44.8. The number of nitrogens with zero attached hydrogens (tertiary/aromatic N) is 5. The molecule has 1 fully saturated rings. The van der Waals surface area contributed by atoms with Crippen molar-refractivity contribution in [2.24, 2.45) is 0 Å². The summed E-state index contributed by atoms with van der Waals surface area (Å²) in [6, 6.07) is 5.95. The number of carbonyl (C=O) groups is 1. The van der Waals surface area contributed by atoms with Gasteiger partial charge in [-0.2, -0.15) is 18.3 Å². The van der Waals surface area contributed by atoms with Gasteiger partial charge in [0, 0.05) is 32.0 Å². The van der Waals surface area contributed by atoms with Gasteiger partial charge in [-0.25, -0.2) is 14.6 Å². The zero-order chi connectivity index (χ0) is 22.7. The fourth-order valence-corrected chi connectivity index (χ4v) is 3.32. The molecule has 1 aliphatic heterocycles. The number of carbonyl (C=O) groups excluding carboxylic acids is 1. The summed E-state index contributed by atoms with van der Waals surface area (Å²) >= 11 is 0. The van der Waals surface area contributed by atoms with E-state index in [4.69, 9.17) is 4.74 Å². The van der Waals surface area contributed by atoms with Crippen molar-refractivity contribution in [2.75, 3.05) is 31.2 Å². The van der Waals surface area contributed by atoms with Crippen LogP contribution in [0.25, 0.3) is 5.82 Å². The van der Waals surface area contributed by atoms with E-state index in [9.17, 15) is 18.0 Å². The summed E-state index contributed by atoms with van der Waals surface area (Å²) in [7, 11) is 0. The van der Waals surface area contributed by atoms with Gasteiger partial charge < -0.3 is 15.0 Å². The molecule has 0 aromatic carbocycles. The molecule has 168 valence electrons. The average molecular weight is 446 g/mol. The minimum atomic E-state index is -4.47. The second-order valence-electron chi connectivity index (χ2n) is 7.27. The van der Waals surface area contributed by atoms with Crippen LogP contribution in [0, 0.1) is 6.92 Å². The quantitative estimate of drug-likeness (QED) is 0.649. The third kappa shape index (κ3) is 4.72. The lowest BCUT2D eigenvalue weighted by Gasteiger charge is -2.27. The number of hydrogen-bond acceptors (Lipinski definition) is 6. The van der Waals surface area contributed by atoms with Crippen LogP contribution in [0.2, 0.25) is 0 Å². The number of amides is 1. The lowest BCUT2D eigenvalue weighted by molar-refractivity contribution is -0.137. The molecule has 4 heterocycles. The Bertz CT molecular complexity index is 1070. The van der Waals surface area contributed by atoms with Crippen molar-refractivity contribution in [3.05, 3.63) is 65.2 Å². The topological polar surface area (TPSA) is 85.2 Å². The summed E-state index contributed by atoms with van der Waals surface area (Å²) in [6.45, 7) is 4.86. The molecule has 0 radical (unpaired) electrons. The predicted octanol–water partition coefficient (Wildman–Crippen LogP) is 2.76. The first-order valence-corrected chi connectivity index (χ1v) is 9.97. The van der Waals surface area contributed by atoms with Crippen LogP contribution in [-0.2, 0) is 17.5 Å². The summed E-state index contributed by atoms with van der Waals surface area (Å²) in [6.07, 6.45) is -0.647. The molecule has 1 amide bonds. The van der Waals surface area contributed by atoms with Crippen LogP contribution in [0.5, 0.6) is 0 Å². The fraction of sp³-hybridized carbons (Fsp3) is 0.333. The van der Waals surface area contributed by atoms with Gasteiger partial charge in [0.15, 0.2) is 5.82 Å². The average Bonchev–Trinajstić information content (AvgIpc) is 3.19. The van der Waals surface area contributed by atoms with Gasteiger partial charge >= 0.3 is 6.18 Å². The Hall–Kier alpha value is -3.47. The highest BCUT2D eigenvalue weighted by atomic mass is 19.4. The molecule has 4 rings (SSSR count). The second kappa shape index (κ2) is 8.95. The van der Waals surface area contributed by atoms with Gasteiger partial charge in [-0.3, -0.25) is 4.79 Å². The van der Waals surface area contributed by atoms with E-state index in [0.717, 1.165) is 36.7 Å². The highest BCUT2D eigenvalue weighted by Gasteiger charge is 2.30. The molecule has 0 saturated carbocycles. The zero-order valence-corrected chi connectivity index (χ0v) is 17.3. The third-order valence-electron chi connectivity index (χ3n) is 5.14. The molecule has 1 N–H and O–H groups in total. The normalized spacial score (nSPS) is 14.4. The Labute approximate surface area is 182 Å². The third-order valence-corrected chi connectivity index (χ3v) is 5.14. The Morgan fingerprint density at radius 3 is 2.41 bits per heavy atom. The number of alkyl halides is 3. The van der Waals surface area contributed by atoms with Crippen molar-refractivity contribution in [3.63, 3.8) is 0 Å². The minimum absolute atomic E-state index is 0.192. The van der Waals surface area contributed by atoms with Gasteiger partial charge in [-0.05, 0) is 30.7 Å². The van der Waals surface area contributed by atoms with Crippen molar-refractivity contribution in [3.8, 4) is 5.82 Å². The Balaban J connectivity index is 1.39. The number of hydrogen-bond donors (Lipinski definition) is 1. The molecule has 32 heavy (non-hydrogen) atoms. The number of halogens is 3. The van der Waals surface area contributed by atoms with Crippen molar-refractivity contribution in [1.29, 1.82) is 0 Å². The molecular weight excluding hydrogens is 425 g/mol. The zero-order valence-electron chi connectivity index (χ0n) is 17.3. The van der Waals surface area contributed by atoms with E-state index in [1.807, 2.05) is 12.1 Å². The van der Waals surface area contributed by atoms with Crippen LogP contribution < -0.4 is 10.2 Å². The van der Waals surface area contributed by atoms with E-state index in [2.05, 4.69) is 25.3 Å². The van der Waals surface area contributed by atoms with Gasteiger partial charge in [0.1, 0.15) is 5.82 Å². The number of pyridine rings is 2. The van der Waals surface area contributed by atoms with Gasteiger partial charge in [0.2, 0.25) is 0 Å². The standard InChI is InChI=1S/C21H21F3N6O2/c1-14-17(13-28-30(14)19-5-3-16(12-26-19)21(22,23)24)20(31)27-11-15-2-4-18(25-10-15)29-6-8-32-9-7-29/h2-5,10,12-13H,6-9,11H2,1H3,(H,27,31). The molecule has 1 saturated heterocycles. The molecule has 3 aromatic rings. The molecule has 8 nitrogen and oxygen atoms in total. The smallest absolute Gasteiger partial charge is 0.378 e. The van der Waals surface area contributed by atoms with E-state index >= 15 is 0 Å². The Kier molecular flexibility index (Phi) is 6.08. The van der Waals surface area contributed by atoms with E-state index in [1.165, 1.54) is 16.9 Å². The second-order valence-corrected chi connectivity index (χ2v) is 7.27. The van der Waals surface area contributed by atoms with Crippen LogP contribution in [0.15, 0.2) is 42.9 Å². The monoisotopic (exact) mass is 446 g/mol. The molecule has 0 unspecified atom stereocenters. The Morgan fingerprint density at radius 1 is 1.06 bits per heavy atom. The predicted molar refractivity (Wildman–Crippen MR) is 110 cm³/mol. The van der Waals surface area contributed by atoms with Gasteiger partial charge in [0.05, 0.1) is 36.2 Å². The van der Waals surface area contributed by atoms with Crippen molar-refractivity contribution >= 4 is 11.7 Å². The molecular formula is C21H21F3N6O2. The van der Waals surface area contributed by atoms with Crippen molar-refractivity contribution in [2.45, 2.75) is 19.6 Å². The van der Waals surface area contributed by atoms with Gasteiger partial charge in [-0.1, -0.05) is 6.07 Å². The summed E-state index contributed by atoms with van der Waals surface area (Å²) in [5.74, 6) is 0.708. The van der Waals surface area contributed by atoms with E-state index in [0.29, 0.717) is 24.5 Å². The lowest BCUT2D eigenvalue weighted by atomic mass is 10.2. The summed E-state index contributed by atoms with van der Waals surface area (Å²) in [4.78, 5) is 23.0. The van der Waals surface area contributed by atoms with Gasteiger partial charge in [0.25, 0.3) is 5.91 Å². The van der Waals surface area contributed by atoms with E-state index < -0.39 is 11.7 Å². The number of aromatic nitrogens is 4. The maximum absolute atomic E-state index is 12.7. The molecule has 0 spiro atoms. The van der Waals surface area contributed by atoms with Crippen LogP contribution in [-0.4, -0.2) is 52.0 Å². The minimum Gasteiger partial charge on any atom is -0.378 e. The number of morpholine rings is 1. The summed E-state index contributed by atoms with van der Waals surface area (Å²) in [5.41, 5.74) is 0.766. The first kappa shape index (κ1) is 21.8. The number of anilines is 1. The Morgan fingerprint density at radius 2 is 1.78 bits per heavy atom. The summed E-state index contributed by atoms with van der Waals surface area (Å²) in [5, 5.41) is 6.92. The molecule has 1 aliphatic rings. The first-order valence-electron chi connectivity index (χ1n) is 9.97. The van der Waals surface area contributed by atoms with Crippen LogP contribution in [0.1, 0.15) is 27.2 Å². The van der Waals surface area contributed by atoms with Gasteiger partial charge in [-0.15, -0.1) is 0 Å². The first-order chi connectivity index (χ1) is 15.3. The molecule has 0 aliphatic carbocycles. The number of nitrogens with one attached hydrogen (secondary N) is 1. The highest BCUT2D eigenvalue weighted by molar-refractivity contribution is 5.95. The number of ether oxygens (including phenoxy) is 1. The number of rotatable bonds is 5. The fourth-order valence-electron chi connectivity index (χ4n) is 3.32. The molecule has 3 aromatic heterocycles. The SMILES string of the molecule is Cc1c(C(=O)NCc2ccc(N3CCOCC3)nc2)cnn1-c1ccc(C(F)(F)F)cn1. The molecule has 0 bridgehead atoms. The molecule has 11 heteroatoms. The van der Waals surface area contributed by atoms with Crippen LogP contribution in [0.3, 0.4) is 0 Å². The maximum Gasteiger partial charge on any atom is 0.417 e.